The van der Waals surface area contributed by atoms with Gasteiger partial charge in [-0.25, -0.2) is 9.97 Å². The van der Waals surface area contributed by atoms with Gasteiger partial charge in [-0.3, -0.25) is 9.36 Å². The molecule has 0 spiro atoms. The van der Waals surface area contributed by atoms with E-state index < -0.39 is 17.6 Å². The number of benzene rings is 2. The molecule has 0 radical (unpaired) electrons. The second kappa shape index (κ2) is 11.9. The average molecular weight is 561 g/mol. The van der Waals surface area contributed by atoms with Crippen LogP contribution in [-0.4, -0.2) is 43.5 Å². The van der Waals surface area contributed by atoms with Gasteiger partial charge in [0.2, 0.25) is 5.91 Å². The Hall–Kier alpha value is -3.58. The molecule has 2 aromatic carbocycles. The first kappa shape index (κ1) is 27.5. The SMILES string of the molecule is COc1ccc(-n2c(CSc3nc(C)cc(C)n3)nnc2SCC(=O)Nc2ccc(C(F)(F)F)cc2)cc1. The molecule has 0 aliphatic heterocycles. The summed E-state index contributed by atoms with van der Waals surface area (Å²) in [6.45, 7) is 3.81. The Kier molecular flexibility index (Phi) is 8.57. The molecule has 0 atom stereocenters. The van der Waals surface area contributed by atoms with E-state index in [2.05, 4.69) is 25.5 Å². The van der Waals surface area contributed by atoms with Gasteiger partial charge < -0.3 is 10.1 Å². The predicted molar refractivity (Wildman–Crippen MR) is 140 cm³/mol. The summed E-state index contributed by atoms with van der Waals surface area (Å²) >= 11 is 2.58. The standard InChI is InChI=1S/C25H23F3N6O2S2/c1-15-12-16(2)30-23(29-15)37-13-21-32-33-24(34(21)19-8-10-20(36-3)11-9-19)38-14-22(35)31-18-6-4-17(5-7-18)25(26,27)28/h4-12H,13-14H2,1-3H3,(H,31,35). The Balaban J connectivity index is 1.50. The van der Waals surface area contributed by atoms with E-state index in [0.29, 0.717) is 27.6 Å². The molecule has 4 aromatic rings. The summed E-state index contributed by atoms with van der Waals surface area (Å²) in [5, 5.41) is 12.3. The zero-order valence-electron chi connectivity index (χ0n) is 20.6. The molecule has 0 saturated heterocycles. The highest BCUT2D eigenvalue weighted by Crippen LogP contribution is 2.30. The quantitative estimate of drug-likeness (QED) is 0.205. The number of anilines is 1. The van der Waals surface area contributed by atoms with Gasteiger partial charge in [-0.1, -0.05) is 23.5 Å². The van der Waals surface area contributed by atoms with Crippen molar-refractivity contribution in [1.82, 2.24) is 24.7 Å². The fourth-order valence-corrected chi connectivity index (χ4v) is 5.07. The van der Waals surface area contributed by atoms with E-state index in [1.54, 1.807) is 7.11 Å². The minimum Gasteiger partial charge on any atom is -0.497 e. The molecule has 198 valence electrons. The summed E-state index contributed by atoms with van der Waals surface area (Å²) < 4.78 is 45.4. The van der Waals surface area contributed by atoms with Crippen LogP contribution in [0.3, 0.4) is 0 Å². The molecule has 0 aliphatic rings. The highest BCUT2D eigenvalue weighted by atomic mass is 32.2. The van der Waals surface area contributed by atoms with E-state index in [-0.39, 0.29) is 11.4 Å². The third-order valence-electron chi connectivity index (χ3n) is 5.15. The lowest BCUT2D eigenvalue weighted by molar-refractivity contribution is -0.137. The molecule has 0 unspecified atom stereocenters. The van der Waals surface area contributed by atoms with Gasteiger partial charge in [0.1, 0.15) is 11.6 Å². The largest absolute Gasteiger partial charge is 0.497 e. The fraction of sp³-hybridized carbons (Fsp3) is 0.240. The van der Waals surface area contributed by atoms with E-state index in [1.807, 2.05) is 48.7 Å². The highest BCUT2D eigenvalue weighted by Gasteiger charge is 2.30. The number of carbonyl (C=O) groups excluding carboxylic acids is 1. The topological polar surface area (TPSA) is 94.8 Å². The van der Waals surface area contributed by atoms with Crippen LogP contribution in [-0.2, 0) is 16.7 Å². The van der Waals surface area contributed by atoms with Crippen molar-refractivity contribution < 1.29 is 22.7 Å². The maximum absolute atomic E-state index is 12.8. The van der Waals surface area contributed by atoms with Crippen LogP contribution in [0.25, 0.3) is 5.69 Å². The fourth-order valence-electron chi connectivity index (χ4n) is 3.43. The minimum absolute atomic E-state index is 0.0252. The summed E-state index contributed by atoms with van der Waals surface area (Å²) in [7, 11) is 1.58. The Morgan fingerprint density at radius 2 is 1.63 bits per heavy atom. The van der Waals surface area contributed by atoms with Crippen LogP contribution in [0.2, 0.25) is 0 Å². The van der Waals surface area contributed by atoms with E-state index in [0.717, 1.165) is 41.0 Å². The second-order valence-electron chi connectivity index (χ2n) is 8.07. The van der Waals surface area contributed by atoms with Gasteiger partial charge in [-0.15, -0.1) is 10.2 Å². The van der Waals surface area contributed by atoms with Crippen molar-refractivity contribution in [2.24, 2.45) is 0 Å². The van der Waals surface area contributed by atoms with E-state index in [1.165, 1.54) is 23.9 Å². The molecule has 13 heteroatoms. The number of aryl methyl sites for hydroxylation is 2. The first-order chi connectivity index (χ1) is 18.1. The number of nitrogens with zero attached hydrogens (tertiary/aromatic N) is 5. The lowest BCUT2D eigenvalue weighted by Crippen LogP contribution is -2.15. The van der Waals surface area contributed by atoms with Crippen LogP contribution in [0, 0.1) is 13.8 Å². The molecule has 0 saturated carbocycles. The maximum atomic E-state index is 12.8. The number of hydrogen-bond acceptors (Lipinski definition) is 8. The van der Waals surface area contributed by atoms with Gasteiger partial charge in [0.25, 0.3) is 0 Å². The molecule has 1 N–H and O–H groups in total. The van der Waals surface area contributed by atoms with Crippen molar-refractivity contribution in [3.05, 3.63) is 77.4 Å². The number of carbonyl (C=O) groups is 1. The third-order valence-corrected chi connectivity index (χ3v) is 6.92. The van der Waals surface area contributed by atoms with Crippen LogP contribution in [0.5, 0.6) is 5.75 Å². The number of ether oxygens (including phenoxy) is 1. The van der Waals surface area contributed by atoms with E-state index in [4.69, 9.17) is 4.74 Å². The number of alkyl halides is 3. The molecule has 1 amide bonds. The smallest absolute Gasteiger partial charge is 0.416 e. The number of amides is 1. The second-order valence-corrected chi connectivity index (χ2v) is 9.95. The number of aromatic nitrogens is 5. The number of methoxy groups -OCH3 is 1. The zero-order valence-corrected chi connectivity index (χ0v) is 22.2. The molecule has 0 aliphatic carbocycles. The zero-order chi connectivity index (χ0) is 27.3. The summed E-state index contributed by atoms with van der Waals surface area (Å²) in [6, 6.07) is 13.5. The average Bonchev–Trinajstić information content (AvgIpc) is 3.28. The third kappa shape index (κ3) is 7.04. The summed E-state index contributed by atoms with van der Waals surface area (Å²) in [5.74, 6) is 1.33. The number of nitrogens with one attached hydrogen (secondary N) is 1. The predicted octanol–water partition coefficient (Wildman–Crippen LogP) is 5.72. The summed E-state index contributed by atoms with van der Waals surface area (Å²) in [4.78, 5) is 21.4. The number of hydrogen-bond donors (Lipinski definition) is 1. The van der Waals surface area contributed by atoms with E-state index in [9.17, 15) is 18.0 Å². The van der Waals surface area contributed by atoms with Crippen LogP contribution in [0.15, 0.2) is 64.9 Å². The molecular formula is C25H23F3N6O2S2. The van der Waals surface area contributed by atoms with Gasteiger partial charge in [0.15, 0.2) is 10.3 Å². The summed E-state index contributed by atoms with van der Waals surface area (Å²) in [6.07, 6.45) is -4.44. The van der Waals surface area contributed by atoms with Gasteiger partial charge in [0.05, 0.1) is 24.2 Å². The molecule has 0 fully saturated rings. The lowest BCUT2D eigenvalue weighted by Gasteiger charge is -2.11. The molecule has 4 rings (SSSR count). The first-order valence-electron chi connectivity index (χ1n) is 11.3. The molecule has 2 heterocycles. The molecule has 0 bridgehead atoms. The van der Waals surface area contributed by atoms with Gasteiger partial charge in [-0.2, -0.15) is 13.2 Å². The highest BCUT2D eigenvalue weighted by molar-refractivity contribution is 7.99. The van der Waals surface area contributed by atoms with Crippen LogP contribution >= 0.6 is 23.5 Å². The van der Waals surface area contributed by atoms with Gasteiger partial charge in [-0.05, 0) is 68.4 Å². The van der Waals surface area contributed by atoms with Crippen molar-refractivity contribution in [3.8, 4) is 11.4 Å². The van der Waals surface area contributed by atoms with Crippen molar-refractivity contribution in [2.45, 2.75) is 36.1 Å². The molecule has 2 aromatic heterocycles. The van der Waals surface area contributed by atoms with Crippen molar-refractivity contribution in [1.29, 1.82) is 0 Å². The molecular weight excluding hydrogens is 537 g/mol. The van der Waals surface area contributed by atoms with Gasteiger partial charge in [0, 0.05) is 22.8 Å². The number of rotatable bonds is 9. The first-order valence-corrected chi connectivity index (χ1v) is 13.2. The normalized spacial score (nSPS) is 11.4. The number of halogens is 3. The Labute approximate surface area is 225 Å². The Morgan fingerprint density at radius 3 is 2.24 bits per heavy atom. The Bertz CT molecular complexity index is 1390. The van der Waals surface area contributed by atoms with Crippen molar-refractivity contribution in [2.75, 3.05) is 18.2 Å². The molecule has 38 heavy (non-hydrogen) atoms. The van der Waals surface area contributed by atoms with Crippen LogP contribution in [0.1, 0.15) is 22.8 Å². The summed E-state index contributed by atoms with van der Waals surface area (Å²) in [5.41, 5.74) is 2.00. The lowest BCUT2D eigenvalue weighted by atomic mass is 10.2. The number of thioether (sulfide) groups is 2. The molecule has 8 nitrogen and oxygen atoms in total. The van der Waals surface area contributed by atoms with Gasteiger partial charge >= 0.3 is 6.18 Å². The maximum Gasteiger partial charge on any atom is 0.416 e. The van der Waals surface area contributed by atoms with E-state index >= 15 is 0 Å². The van der Waals surface area contributed by atoms with Crippen molar-refractivity contribution >= 4 is 35.1 Å². The minimum atomic E-state index is -4.44. The van der Waals surface area contributed by atoms with Crippen molar-refractivity contribution in [3.63, 3.8) is 0 Å². The monoisotopic (exact) mass is 560 g/mol. The van der Waals surface area contributed by atoms with Crippen LogP contribution in [0.4, 0.5) is 18.9 Å². The Morgan fingerprint density at radius 1 is 0.974 bits per heavy atom. The van der Waals surface area contributed by atoms with Crippen LogP contribution < -0.4 is 10.1 Å².